The second-order valence-electron chi connectivity index (χ2n) is 5.39. The Bertz CT molecular complexity index is 434. The summed E-state index contributed by atoms with van der Waals surface area (Å²) in [6, 6.07) is 7.22. The summed E-state index contributed by atoms with van der Waals surface area (Å²) in [4.78, 5) is 14.2. The van der Waals surface area contributed by atoms with E-state index < -0.39 is 6.04 Å². The Hall–Kier alpha value is -1.39. The molecule has 3 unspecified atom stereocenters. The monoisotopic (exact) mass is 262 g/mol. The van der Waals surface area contributed by atoms with Crippen molar-refractivity contribution in [3.8, 4) is 0 Å². The van der Waals surface area contributed by atoms with E-state index in [1.165, 1.54) is 0 Å². The number of ether oxygens (including phenoxy) is 1. The minimum Gasteiger partial charge on any atom is -0.372 e. The van der Waals surface area contributed by atoms with Gasteiger partial charge in [-0.25, -0.2) is 0 Å². The van der Waals surface area contributed by atoms with E-state index in [4.69, 9.17) is 10.5 Å². The van der Waals surface area contributed by atoms with Crippen LogP contribution in [0.4, 0.5) is 0 Å². The smallest absolute Gasteiger partial charge is 0.244 e. The summed E-state index contributed by atoms with van der Waals surface area (Å²) in [5.74, 6) is -0.0224. The summed E-state index contributed by atoms with van der Waals surface area (Å²) in [7, 11) is 0. The molecule has 1 saturated heterocycles. The van der Waals surface area contributed by atoms with Crippen molar-refractivity contribution in [2.45, 2.75) is 39.0 Å². The Morgan fingerprint density at radius 1 is 1.26 bits per heavy atom. The number of rotatable bonds is 2. The first-order valence-corrected chi connectivity index (χ1v) is 6.73. The lowest BCUT2D eigenvalue weighted by molar-refractivity contribution is -0.144. The number of benzene rings is 1. The molecule has 19 heavy (non-hydrogen) atoms. The molecule has 0 saturated carbocycles. The molecular weight excluding hydrogens is 240 g/mol. The van der Waals surface area contributed by atoms with E-state index in [1.54, 1.807) is 0 Å². The number of nitrogens with two attached hydrogens (primary N) is 1. The number of hydrogen-bond donors (Lipinski definition) is 1. The van der Waals surface area contributed by atoms with Crippen LogP contribution in [0.5, 0.6) is 0 Å². The van der Waals surface area contributed by atoms with Gasteiger partial charge in [-0.05, 0) is 26.3 Å². The number of carbonyl (C=O) groups excluding carboxylic acids is 1. The third-order valence-electron chi connectivity index (χ3n) is 3.43. The fraction of sp³-hybridized carbons (Fsp3) is 0.533. The van der Waals surface area contributed by atoms with Crippen molar-refractivity contribution in [3.63, 3.8) is 0 Å². The SMILES string of the molecule is Cc1ccc(C(N)C(=O)N2CC(C)OC(C)C2)cc1. The first-order chi connectivity index (χ1) is 8.97. The predicted molar refractivity (Wildman–Crippen MR) is 74.7 cm³/mol. The molecule has 4 nitrogen and oxygen atoms in total. The topological polar surface area (TPSA) is 55.6 Å². The predicted octanol–water partition coefficient (Wildman–Crippen LogP) is 1.63. The second-order valence-corrected chi connectivity index (χ2v) is 5.39. The highest BCUT2D eigenvalue weighted by atomic mass is 16.5. The van der Waals surface area contributed by atoms with E-state index >= 15 is 0 Å². The molecule has 0 spiro atoms. The van der Waals surface area contributed by atoms with Gasteiger partial charge in [-0.15, -0.1) is 0 Å². The van der Waals surface area contributed by atoms with Crippen LogP contribution in [-0.4, -0.2) is 36.1 Å². The van der Waals surface area contributed by atoms with Crippen LogP contribution in [0.25, 0.3) is 0 Å². The van der Waals surface area contributed by atoms with Crippen molar-refractivity contribution >= 4 is 5.91 Å². The zero-order valence-corrected chi connectivity index (χ0v) is 11.8. The van der Waals surface area contributed by atoms with E-state index in [9.17, 15) is 4.79 Å². The molecule has 104 valence electrons. The van der Waals surface area contributed by atoms with Crippen molar-refractivity contribution in [1.29, 1.82) is 0 Å². The maximum absolute atomic E-state index is 12.4. The lowest BCUT2D eigenvalue weighted by atomic mass is 10.0. The van der Waals surface area contributed by atoms with Crippen LogP contribution in [0.1, 0.15) is 31.0 Å². The highest BCUT2D eigenvalue weighted by Gasteiger charge is 2.29. The molecule has 0 aliphatic carbocycles. The lowest BCUT2D eigenvalue weighted by Gasteiger charge is -2.36. The third-order valence-corrected chi connectivity index (χ3v) is 3.43. The molecule has 1 fully saturated rings. The summed E-state index contributed by atoms with van der Waals surface area (Å²) in [5.41, 5.74) is 8.11. The molecule has 3 atom stereocenters. The highest BCUT2D eigenvalue weighted by molar-refractivity contribution is 5.83. The standard InChI is InChI=1S/C15H22N2O2/c1-10-4-6-13(7-5-10)14(16)15(18)17-8-11(2)19-12(3)9-17/h4-7,11-12,14H,8-9,16H2,1-3H3. The van der Waals surface area contributed by atoms with Crippen molar-refractivity contribution < 1.29 is 9.53 Å². The zero-order chi connectivity index (χ0) is 14.0. The van der Waals surface area contributed by atoms with Crippen molar-refractivity contribution in [1.82, 2.24) is 4.90 Å². The Labute approximate surface area is 114 Å². The molecule has 4 heteroatoms. The van der Waals surface area contributed by atoms with Gasteiger partial charge < -0.3 is 15.4 Å². The fourth-order valence-electron chi connectivity index (χ4n) is 2.47. The van der Waals surface area contributed by atoms with E-state index in [2.05, 4.69) is 0 Å². The van der Waals surface area contributed by atoms with E-state index in [0.717, 1.165) is 11.1 Å². The van der Waals surface area contributed by atoms with E-state index in [-0.39, 0.29) is 18.1 Å². The number of amides is 1. The van der Waals surface area contributed by atoms with Crippen LogP contribution < -0.4 is 5.73 Å². The van der Waals surface area contributed by atoms with Crippen LogP contribution in [0.3, 0.4) is 0 Å². The molecule has 0 aromatic heterocycles. The molecule has 1 aromatic carbocycles. The lowest BCUT2D eigenvalue weighted by Crippen LogP contribution is -2.50. The minimum absolute atomic E-state index is 0.0224. The Morgan fingerprint density at radius 2 is 1.79 bits per heavy atom. The van der Waals surface area contributed by atoms with Crippen LogP contribution in [0.15, 0.2) is 24.3 Å². The van der Waals surface area contributed by atoms with Gasteiger partial charge in [-0.1, -0.05) is 29.8 Å². The molecular formula is C15H22N2O2. The zero-order valence-electron chi connectivity index (χ0n) is 11.8. The first-order valence-electron chi connectivity index (χ1n) is 6.73. The largest absolute Gasteiger partial charge is 0.372 e. The van der Waals surface area contributed by atoms with Crippen LogP contribution in [0, 0.1) is 6.92 Å². The molecule has 1 aliphatic rings. The normalized spacial score (nSPS) is 25.2. The van der Waals surface area contributed by atoms with Gasteiger partial charge in [0.25, 0.3) is 0 Å². The van der Waals surface area contributed by atoms with Gasteiger partial charge in [-0.2, -0.15) is 0 Å². The molecule has 1 heterocycles. The van der Waals surface area contributed by atoms with Crippen LogP contribution in [0.2, 0.25) is 0 Å². The molecule has 1 aliphatic heterocycles. The average molecular weight is 262 g/mol. The van der Waals surface area contributed by atoms with E-state index in [1.807, 2.05) is 49.9 Å². The summed E-state index contributed by atoms with van der Waals surface area (Å²) in [5, 5.41) is 0. The Morgan fingerprint density at radius 3 is 2.32 bits per heavy atom. The molecule has 0 bridgehead atoms. The molecule has 1 amide bonds. The van der Waals surface area contributed by atoms with Gasteiger partial charge in [0.2, 0.25) is 5.91 Å². The van der Waals surface area contributed by atoms with Crippen molar-refractivity contribution in [2.75, 3.05) is 13.1 Å². The number of nitrogens with zero attached hydrogens (tertiary/aromatic N) is 1. The molecule has 2 N–H and O–H groups in total. The molecule has 2 rings (SSSR count). The Balaban J connectivity index is 2.08. The summed E-state index contributed by atoms with van der Waals surface area (Å²) in [6.07, 6.45) is 0.135. The van der Waals surface area contributed by atoms with Gasteiger partial charge >= 0.3 is 0 Å². The first kappa shape index (κ1) is 14.0. The number of aryl methyl sites for hydroxylation is 1. The average Bonchev–Trinajstić information content (AvgIpc) is 2.37. The second kappa shape index (κ2) is 5.72. The maximum Gasteiger partial charge on any atom is 0.244 e. The summed E-state index contributed by atoms with van der Waals surface area (Å²) >= 11 is 0. The van der Waals surface area contributed by atoms with Crippen molar-refractivity contribution in [3.05, 3.63) is 35.4 Å². The van der Waals surface area contributed by atoms with Gasteiger partial charge in [0.15, 0.2) is 0 Å². The van der Waals surface area contributed by atoms with E-state index in [0.29, 0.717) is 13.1 Å². The highest BCUT2D eigenvalue weighted by Crippen LogP contribution is 2.18. The van der Waals surface area contributed by atoms with Gasteiger partial charge in [0.1, 0.15) is 6.04 Å². The number of hydrogen-bond acceptors (Lipinski definition) is 3. The van der Waals surface area contributed by atoms with Gasteiger partial charge in [0.05, 0.1) is 12.2 Å². The third kappa shape index (κ3) is 3.33. The van der Waals surface area contributed by atoms with Gasteiger partial charge in [0, 0.05) is 13.1 Å². The fourth-order valence-corrected chi connectivity index (χ4v) is 2.47. The van der Waals surface area contributed by atoms with Gasteiger partial charge in [-0.3, -0.25) is 4.79 Å². The minimum atomic E-state index is -0.585. The quantitative estimate of drug-likeness (QED) is 0.881. The summed E-state index contributed by atoms with van der Waals surface area (Å²) < 4.78 is 5.63. The Kier molecular flexibility index (Phi) is 4.22. The van der Waals surface area contributed by atoms with Crippen LogP contribution >= 0.6 is 0 Å². The summed E-state index contributed by atoms with van der Waals surface area (Å²) in [6.45, 7) is 7.20. The number of carbonyl (C=O) groups is 1. The molecule has 0 radical (unpaired) electrons. The molecule has 1 aromatic rings. The van der Waals surface area contributed by atoms with Crippen molar-refractivity contribution in [2.24, 2.45) is 5.73 Å². The van der Waals surface area contributed by atoms with Crippen LogP contribution in [-0.2, 0) is 9.53 Å². The number of morpholine rings is 1. The maximum atomic E-state index is 12.4.